The van der Waals surface area contributed by atoms with Gasteiger partial charge >= 0.3 is 0 Å². The number of anilines is 2. The standard InChI is InChI=1S/C22H16ClFN2O5/c23-16-9-13(24)5-7-18(16)29-11-21(27)26-17-4-2-1-3-15(17)22(28)25-14-6-8-19-20(10-14)31-12-30-19/h1-10H,11-12H2,(H,25,28)(H,26,27). The second-order valence-corrected chi connectivity index (χ2v) is 6.89. The molecule has 0 bridgehead atoms. The quantitative estimate of drug-likeness (QED) is 0.588. The van der Waals surface area contributed by atoms with E-state index in [1.165, 1.54) is 12.1 Å². The zero-order valence-corrected chi connectivity index (χ0v) is 16.7. The van der Waals surface area contributed by atoms with Gasteiger partial charge in [0.1, 0.15) is 11.6 Å². The molecular weight excluding hydrogens is 427 g/mol. The van der Waals surface area contributed by atoms with Gasteiger partial charge < -0.3 is 24.8 Å². The predicted octanol–water partition coefficient (Wildman–Crippen LogP) is 4.48. The van der Waals surface area contributed by atoms with Gasteiger partial charge in [-0.25, -0.2) is 4.39 Å². The van der Waals surface area contributed by atoms with Crippen LogP contribution in [0.2, 0.25) is 5.02 Å². The number of hydrogen-bond donors (Lipinski definition) is 2. The lowest BCUT2D eigenvalue weighted by atomic mass is 10.1. The largest absolute Gasteiger partial charge is 0.482 e. The molecule has 158 valence electrons. The van der Waals surface area contributed by atoms with Crippen LogP contribution in [0.25, 0.3) is 0 Å². The minimum Gasteiger partial charge on any atom is -0.482 e. The minimum atomic E-state index is -0.510. The molecule has 1 aliphatic rings. The lowest BCUT2D eigenvalue weighted by Crippen LogP contribution is -2.23. The Hall–Kier alpha value is -3.78. The van der Waals surface area contributed by atoms with Gasteiger partial charge in [-0.2, -0.15) is 0 Å². The average molecular weight is 443 g/mol. The van der Waals surface area contributed by atoms with Crippen molar-refractivity contribution in [1.82, 2.24) is 0 Å². The maximum absolute atomic E-state index is 13.1. The van der Waals surface area contributed by atoms with Crippen LogP contribution >= 0.6 is 11.6 Å². The molecule has 0 fully saturated rings. The number of halogens is 2. The van der Waals surface area contributed by atoms with Crippen LogP contribution in [0.4, 0.5) is 15.8 Å². The van der Waals surface area contributed by atoms with Crippen molar-refractivity contribution in [1.29, 1.82) is 0 Å². The molecule has 3 aromatic carbocycles. The Balaban J connectivity index is 1.41. The molecule has 0 saturated heterocycles. The highest BCUT2D eigenvalue weighted by atomic mass is 35.5. The number of para-hydroxylation sites is 1. The molecule has 1 aliphatic heterocycles. The molecule has 0 unspecified atom stereocenters. The smallest absolute Gasteiger partial charge is 0.262 e. The summed E-state index contributed by atoms with van der Waals surface area (Å²) in [6, 6.07) is 15.2. The van der Waals surface area contributed by atoms with Gasteiger partial charge in [-0.15, -0.1) is 0 Å². The van der Waals surface area contributed by atoms with Crippen molar-refractivity contribution in [2.45, 2.75) is 0 Å². The highest BCUT2D eigenvalue weighted by Crippen LogP contribution is 2.34. The Morgan fingerprint density at radius 3 is 2.65 bits per heavy atom. The molecule has 9 heteroatoms. The Kier molecular flexibility index (Phi) is 5.90. The molecule has 0 radical (unpaired) electrons. The summed E-state index contributed by atoms with van der Waals surface area (Å²) in [5, 5.41) is 5.45. The normalized spacial score (nSPS) is 11.7. The highest BCUT2D eigenvalue weighted by Gasteiger charge is 2.17. The Morgan fingerprint density at radius 1 is 1.00 bits per heavy atom. The summed E-state index contributed by atoms with van der Waals surface area (Å²) >= 11 is 5.89. The number of ether oxygens (including phenoxy) is 3. The highest BCUT2D eigenvalue weighted by molar-refractivity contribution is 6.32. The SMILES string of the molecule is O=C(COc1ccc(F)cc1Cl)Nc1ccccc1C(=O)Nc1ccc2c(c1)OCO2. The fourth-order valence-corrected chi connectivity index (χ4v) is 3.11. The van der Waals surface area contributed by atoms with Crippen molar-refractivity contribution >= 4 is 34.8 Å². The first kappa shape index (κ1) is 20.5. The van der Waals surface area contributed by atoms with Crippen LogP contribution in [0.1, 0.15) is 10.4 Å². The molecule has 3 aromatic rings. The van der Waals surface area contributed by atoms with Gasteiger partial charge in [0.05, 0.1) is 16.3 Å². The average Bonchev–Trinajstić information content (AvgIpc) is 3.21. The zero-order valence-electron chi connectivity index (χ0n) is 16.0. The second-order valence-electron chi connectivity index (χ2n) is 6.48. The topological polar surface area (TPSA) is 85.9 Å². The first-order valence-corrected chi connectivity index (χ1v) is 9.55. The number of carbonyl (C=O) groups is 2. The summed E-state index contributed by atoms with van der Waals surface area (Å²) in [7, 11) is 0. The van der Waals surface area contributed by atoms with E-state index in [-0.39, 0.29) is 29.7 Å². The van der Waals surface area contributed by atoms with Crippen molar-refractivity contribution in [3.63, 3.8) is 0 Å². The Labute approximate surface area is 181 Å². The third-order valence-corrected chi connectivity index (χ3v) is 4.62. The van der Waals surface area contributed by atoms with Gasteiger partial charge in [0, 0.05) is 11.8 Å². The van der Waals surface area contributed by atoms with E-state index < -0.39 is 17.6 Å². The lowest BCUT2D eigenvalue weighted by Gasteiger charge is -2.12. The van der Waals surface area contributed by atoms with Gasteiger partial charge in [0.15, 0.2) is 18.1 Å². The van der Waals surface area contributed by atoms with Crippen LogP contribution in [0.15, 0.2) is 60.7 Å². The van der Waals surface area contributed by atoms with E-state index in [1.807, 2.05) is 0 Å². The van der Waals surface area contributed by atoms with E-state index in [1.54, 1.807) is 42.5 Å². The van der Waals surface area contributed by atoms with Crippen LogP contribution in [-0.4, -0.2) is 25.2 Å². The zero-order chi connectivity index (χ0) is 21.8. The number of benzene rings is 3. The van der Waals surface area contributed by atoms with Crippen LogP contribution in [0.5, 0.6) is 17.2 Å². The van der Waals surface area contributed by atoms with Crippen molar-refractivity contribution in [3.05, 3.63) is 77.1 Å². The van der Waals surface area contributed by atoms with Crippen LogP contribution < -0.4 is 24.8 Å². The predicted molar refractivity (Wildman–Crippen MR) is 112 cm³/mol. The molecule has 0 saturated carbocycles. The molecule has 4 rings (SSSR count). The van der Waals surface area contributed by atoms with Crippen LogP contribution in [-0.2, 0) is 4.79 Å². The van der Waals surface area contributed by atoms with E-state index in [0.29, 0.717) is 22.9 Å². The first-order chi connectivity index (χ1) is 15.0. The summed E-state index contributed by atoms with van der Waals surface area (Å²) in [6.45, 7) is -0.240. The van der Waals surface area contributed by atoms with Crippen LogP contribution in [0, 0.1) is 5.82 Å². The molecule has 2 N–H and O–H groups in total. The van der Waals surface area contributed by atoms with Gasteiger partial charge in [0.2, 0.25) is 6.79 Å². The first-order valence-electron chi connectivity index (χ1n) is 9.17. The van der Waals surface area contributed by atoms with Gasteiger partial charge in [-0.05, 0) is 42.5 Å². The van der Waals surface area contributed by atoms with Crippen LogP contribution in [0.3, 0.4) is 0 Å². The minimum absolute atomic E-state index is 0.0521. The van der Waals surface area contributed by atoms with Crippen molar-refractivity contribution in [2.75, 3.05) is 24.0 Å². The van der Waals surface area contributed by atoms with Crippen molar-refractivity contribution < 1.29 is 28.2 Å². The Bertz CT molecular complexity index is 1150. The molecule has 0 aliphatic carbocycles. The summed E-state index contributed by atoms with van der Waals surface area (Å²) in [5.74, 6) is -0.125. The lowest BCUT2D eigenvalue weighted by molar-refractivity contribution is -0.118. The number of fused-ring (bicyclic) bond motifs is 1. The van der Waals surface area contributed by atoms with Crippen molar-refractivity contribution in [2.24, 2.45) is 0 Å². The Morgan fingerprint density at radius 2 is 1.81 bits per heavy atom. The summed E-state index contributed by atoms with van der Waals surface area (Å²) in [5.41, 5.74) is 1.08. The number of hydrogen-bond acceptors (Lipinski definition) is 5. The van der Waals surface area contributed by atoms with Gasteiger partial charge in [-0.3, -0.25) is 9.59 Å². The number of rotatable bonds is 6. The van der Waals surface area contributed by atoms with Gasteiger partial charge in [0.25, 0.3) is 11.8 Å². The molecule has 1 heterocycles. The molecule has 2 amide bonds. The monoisotopic (exact) mass is 442 g/mol. The fourth-order valence-electron chi connectivity index (χ4n) is 2.88. The molecular formula is C22H16ClFN2O5. The van der Waals surface area contributed by atoms with E-state index in [9.17, 15) is 14.0 Å². The maximum Gasteiger partial charge on any atom is 0.262 e. The van der Waals surface area contributed by atoms with E-state index in [4.69, 9.17) is 25.8 Å². The third-order valence-electron chi connectivity index (χ3n) is 4.33. The number of carbonyl (C=O) groups excluding carboxylic acids is 2. The van der Waals surface area contributed by atoms with Gasteiger partial charge in [-0.1, -0.05) is 23.7 Å². The maximum atomic E-state index is 13.1. The summed E-state index contributed by atoms with van der Waals surface area (Å²) in [4.78, 5) is 25.1. The summed E-state index contributed by atoms with van der Waals surface area (Å²) < 4.78 is 29.0. The van der Waals surface area contributed by atoms with Crippen molar-refractivity contribution in [3.8, 4) is 17.2 Å². The summed E-state index contributed by atoms with van der Waals surface area (Å²) in [6.07, 6.45) is 0. The molecule has 0 spiro atoms. The third kappa shape index (κ3) is 4.87. The second kappa shape index (κ2) is 8.93. The molecule has 7 nitrogen and oxygen atoms in total. The molecule has 31 heavy (non-hydrogen) atoms. The van der Waals surface area contributed by atoms with E-state index in [0.717, 1.165) is 6.07 Å². The van der Waals surface area contributed by atoms with E-state index >= 15 is 0 Å². The molecule has 0 aromatic heterocycles. The van der Waals surface area contributed by atoms with E-state index in [2.05, 4.69) is 10.6 Å². The fraction of sp³-hybridized carbons (Fsp3) is 0.0909. The number of nitrogens with one attached hydrogen (secondary N) is 2. The molecule has 0 atom stereocenters. The number of amides is 2.